The van der Waals surface area contributed by atoms with E-state index in [1.165, 1.54) is 0 Å². The Balaban J connectivity index is 1.83. The van der Waals surface area contributed by atoms with Crippen molar-refractivity contribution in [2.75, 3.05) is 6.54 Å². The van der Waals surface area contributed by atoms with Gasteiger partial charge < -0.3 is 10.1 Å². The van der Waals surface area contributed by atoms with Crippen molar-refractivity contribution in [3.05, 3.63) is 29.3 Å². The molecule has 0 aromatic heterocycles. The first-order valence-electron chi connectivity index (χ1n) is 7.85. The summed E-state index contributed by atoms with van der Waals surface area (Å²) in [5.41, 5.74) is 4.92. The molecule has 6 heteroatoms. The molecule has 0 bridgehead atoms. The number of hydrogen-bond acceptors (Lipinski definition) is 4. The van der Waals surface area contributed by atoms with E-state index in [1.807, 2.05) is 32.9 Å². The van der Waals surface area contributed by atoms with E-state index in [4.69, 9.17) is 4.74 Å². The highest BCUT2D eigenvalue weighted by Gasteiger charge is 2.17. The summed E-state index contributed by atoms with van der Waals surface area (Å²) in [6.45, 7) is 6.54. The molecule has 1 aromatic rings. The van der Waals surface area contributed by atoms with Crippen LogP contribution in [0.5, 0.6) is 5.75 Å². The van der Waals surface area contributed by atoms with Gasteiger partial charge in [-0.15, -0.1) is 0 Å². The maximum absolute atomic E-state index is 11.9. The van der Waals surface area contributed by atoms with Gasteiger partial charge in [0.2, 0.25) is 5.91 Å². The molecule has 2 amide bonds. The fraction of sp³-hybridized carbons (Fsp3) is 0.471. The molecule has 124 valence electrons. The monoisotopic (exact) mass is 317 g/mol. The number of hydrazone groups is 1. The third-order valence-corrected chi connectivity index (χ3v) is 3.47. The van der Waals surface area contributed by atoms with Crippen molar-refractivity contribution in [3.63, 3.8) is 0 Å². The molecule has 0 spiro atoms. The van der Waals surface area contributed by atoms with Crippen molar-refractivity contribution in [1.82, 2.24) is 10.7 Å². The van der Waals surface area contributed by atoms with Crippen LogP contribution in [0.3, 0.4) is 0 Å². The van der Waals surface area contributed by atoms with E-state index in [0.717, 1.165) is 23.3 Å². The SMILES string of the molecule is Cc1cc(CCNC(=O)C2=NNC(=O)CC2)ccc1OC(C)C. The summed E-state index contributed by atoms with van der Waals surface area (Å²) in [5, 5.41) is 6.61. The van der Waals surface area contributed by atoms with Gasteiger partial charge in [0.1, 0.15) is 11.5 Å². The first kappa shape index (κ1) is 17.0. The van der Waals surface area contributed by atoms with Crippen LogP contribution in [0, 0.1) is 6.92 Å². The Morgan fingerprint density at radius 1 is 1.39 bits per heavy atom. The second-order valence-corrected chi connectivity index (χ2v) is 5.87. The van der Waals surface area contributed by atoms with Crippen LogP contribution in [0.15, 0.2) is 23.3 Å². The number of ether oxygens (including phenoxy) is 1. The van der Waals surface area contributed by atoms with Crippen LogP contribution >= 0.6 is 0 Å². The van der Waals surface area contributed by atoms with Gasteiger partial charge in [-0.25, -0.2) is 5.43 Å². The third-order valence-electron chi connectivity index (χ3n) is 3.47. The number of hydrogen-bond donors (Lipinski definition) is 2. The topological polar surface area (TPSA) is 79.8 Å². The molecule has 0 fully saturated rings. The van der Waals surface area contributed by atoms with Crippen molar-refractivity contribution < 1.29 is 14.3 Å². The van der Waals surface area contributed by atoms with Crippen LogP contribution in [0.4, 0.5) is 0 Å². The highest BCUT2D eigenvalue weighted by molar-refractivity contribution is 6.39. The molecule has 23 heavy (non-hydrogen) atoms. The number of carbonyl (C=O) groups is 2. The lowest BCUT2D eigenvalue weighted by Gasteiger charge is -2.14. The quantitative estimate of drug-likeness (QED) is 0.838. The standard InChI is InChI=1S/C17H23N3O3/c1-11(2)23-15-6-4-13(10-12(15)3)8-9-18-17(22)14-5-7-16(21)20-19-14/h4,6,10-11H,5,7-9H2,1-3H3,(H,18,22)(H,20,21). The first-order valence-corrected chi connectivity index (χ1v) is 7.85. The van der Waals surface area contributed by atoms with Gasteiger partial charge in [-0.3, -0.25) is 9.59 Å². The summed E-state index contributed by atoms with van der Waals surface area (Å²) in [6.07, 6.45) is 1.57. The van der Waals surface area contributed by atoms with E-state index < -0.39 is 0 Å². The predicted molar refractivity (Wildman–Crippen MR) is 88.5 cm³/mol. The molecule has 0 radical (unpaired) electrons. The molecular weight excluding hydrogens is 294 g/mol. The Hall–Kier alpha value is -2.37. The molecular formula is C17H23N3O3. The second-order valence-electron chi connectivity index (χ2n) is 5.87. The summed E-state index contributed by atoms with van der Waals surface area (Å²) in [4.78, 5) is 22.9. The molecule has 2 N–H and O–H groups in total. The summed E-state index contributed by atoms with van der Waals surface area (Å²) in [7, 11) is 0. The molecule has 0 saturated heterocycles. The van der Waals surface area contributed by atoms with Crippen LogP contribution < -0.4 is 15.5 Å². The Kier molecular flexibility index (Phi) is 5.73. The van der Waals surface area contributed by atoms with E-state index >= 15 is 0 Å². The molecule has 2 rings (SSSR count). The second kappa shape index (κ2) is 7.76. The third kappa shape index (κ3) is 5.09. The van der Waals surface area contributed by atoms with E-state index in [2.05, 4.69) is 21.9 Å². The summed E-state index contributed by atoms with van der Waals surface area (Å²) < 4.78 is 5.71. The maximum atomic E-state index is 11.9. The van der Waals surface area contributed by atoms with E-state index in [9.17, 15) is 9.59 Å². The van der Waals surface area contributed by atoms with Gasteiger partial charge in [-0.05, 0) is 44.4 Å². The molecule has 0 aliphatic carbocycles. The lowest BCUT2D eigenvalue weighted by Crippen LogP contribution is -2.37. The van der Waals surface area contributed by atoms with E-state index in [1.54, 1.807) is 0 Å². The maximum Gasteiger partial charge on any atom is 0.267 e. The van der Waals surface area contributed by atoms with Crippen molar-refractivity contribution >= 4 is 17.5 Å². The van der Waals surface area contributed by atoms with Gasteiger partial charge in [0.25, 0.3) is 5.91 Å². The molecule has 1 aliphatic heterocycles. The molecule has 0 atom stereocenters. The number of nitrogens with one attached hydrogen (secondary N) is 2. The van der Waals surface area contributed by atoms with Gasteiger partial charge in [0.05, 0.1) is 6.10 Å². The Bertz CT molecular complexity index is 624. The van der Waals surface area contributed by atoms with Crippen LogP contribution in [-0.4, -0.2) is 30.2 Å². The Morgan fingerprint density at radius 2 is 2.17 bits per heavy atom. The van der Waals surface area contributed by atoms with E-state index in [0.29, 0.717) is 25.1 Å². The van der Waals surface area contributed by atoms with Gasteiger partial charge >= 0.3 is 0 Å². The average Bonchev–Trinajstić information content (AvgIpc) is 2.50. The summed E-state index contributed by atoms with van der Waals surface area (Å²) >= 11 is 0. The molecule has 0 unspecified atom stereocenters. The predicted octanol–water partition coefficient (Wildman–Crippen LogP) is 1.71. The number of rotatable bonds is 6. The van der Waals surface area contributed by atoms with Crippen molar-refractivity contribution in [2.45, 2.75) is 46.1 Å². The molecule has 0 saturated carbocycles. The van der Waals surface area contributed by atoms with Gasteiger partial charge in [0, 0.05) is 19.4 Å². The first-order chi connectivity index (χ1) is 11.0. The zero-order chi connectivity index (χ0) is 16.8. The number of nitrogens with zero attached hydrogens (tertiary/aromatic N) is 1. The minimum atomic E-state index is -0.221. The fourth-order valence-corrected chi connectivity index (χ4v) is 2.31. The number of amides is 2. The van der Waals surface area contributed by atoms with Gasteiger partial charge in [0.15, 0.2) is 0 Å². The van der Waals surface area contributed by atoms with Crippen molar-refractivity contribution in [2.24, 2.45) is 5.10 Å². The fourth-order valence-electron chi connectivity index (χ4n) is 2.31. The minimum absolute atomic E-state index is 0.149. The molecule has 1 aromatic carbocycles. The number of aryl methyl sites for hydroxylation is 1. The highest BCUT2D eigenvalue weighted by atomic mass is 16.5. The number of carbonyl (C=O) groups excluding carboxylic acids is 2. The zero-order valence-corrected chi connectivity index (χ0v) is 13.8. The van der Waals surface area contributed by atoms with Gasteiger partial charge in [-0.2, -0.15) is 5.10 Å². The number of benzene rings is 1. The smallest absolute Gasteiger partial charge is 0.267 e. The van der Waals surface area contributed by atoms with Crippen LogP contribution in [0.2, 0.25) is 0 Å². The Labute approximate surface area is 136 Å². The van der Waals surface area contributed by atoms with Crippen LogP contribution in [0.25, 0.3) is 0 Å². The normalized spacial score (nSPS) is 14.3. The molecule has 6 nitrogen and oxygen atoms in total. The zero-order valence-electron chi connectivity index (χ0n) is 13.8. The highest BCUT2D eigenvalue weighted by Crippen LogP contribution is 2.20. The lowest BCUT2D eigenvalue weighted by atomic mass is 10.1. The van der Waals surface area contributed by atoms with Crippen LogP contribution in [0.1, 0.15) is 37.8 Å². The van der Waals surface area contributed by atoms with Crippen molar-refractivity contribution in [1.29, 1.82) is 0 Å². The van der Waals surface area contributed by atoms with Crippen molar-refractivity contribution in [3.8, 4) is 5.75 Å². The lowest BCUT2D eigenvalue weighted by molar-refractivity contribution is -0.121. The summed E-state index contributed by atoms with van der Waals surface area (Å²) in [6, 6.07) is 6.05. The summed E-state index contributed by atoms with van der Waals surface area (Å²) in [5.74, 6) is 0.516. The molecule has 1 aliphatic rings. The Morgan fingerprint density at radius 3 is 2.78 bits per heavy atom. The van der Waals surface area contributed by atoms with Gasteiger partial charge in [-0.1, -0.05) is 12.1 Å². The largest absolute Gasteiger partial charge is 0.491 e. The average molecular weight is 317 g/mol. The van der Waals surface area contributed by atoms with Crippen LogP contribution in [-0.2, 0) is 16.0 Å². The minimum Gasteiger partial charge on any atom is -0.491 e. The van der Waals surface area contributed by atoms with E-state index in [-0.39, 0.29) is 17.9 Å². The molecule has 1 heterocycles.